The molecule has 0 spiro atoms. The van der Waals surface area contributed by atoms with Crippen molar-refractivity contribution in [1.82, 2.24) is 10.6 Å². The molecule has 0 unspecified atom stereocenters. The van der Waals surface area contributed by atoms with Gasteiger partial charge in [-0.2, -0.15) is 0 Å². The first-order chi connectivity index (χ1) is 13.1. The minimum atomic E-state index is -0.566. The number of hydrogen-bond donors (Lipinski definition) is 3. The van der Waals surface area contributed by atoms with E-state index >= 15 is 0 Å². The van der Waals surface area contributed by atoms with Crippen LogP contribution in [0.5, 0.6) is 0 Å². The third kappa shape index (κ3) is 10.4. The van der Waals surface area contributed by atoms with Crippen LogP contribution in [-0.4, -0.2) is 30.1 Å². The molecule has 0 aliphatic rings. The van der Waals surface area contributed by atoms with Crippen LogP contribution in [0.15, 0.2) is 35.9 Å². The summed E-state index contributed by atoms with van der Waals surface area (Å²) in [5.74, 6) is -0.327. The Bertz CT molecular complexity index is 703. The fourth-order valence-corrected chi connectivity index (χ4v) is 2.09. The number of alkyl carbamates (subject to hydrolysis) is 1. The van der Waals surface area contributed by atoms with Crippen LogP contribution in [0.25, 0.3) is 0 Å². The van der Waals surface area contributed by atoms with E-state index in [4.69, 9.17) is 4.74 Å². The molecule has 0 aromatic heterocycles. The van der Waals surface area contributed by atoms with Gasteiger partial charge in [0.25, 0.3) is 0 Å². The Morgan fingerprint density at radius 2 is 1.71 bits per heavy atom. The molecule has 7 heteroatoms. The first kappa shape index (κ1) is 23.2. The maximum atomic E-state index is 11.9. The molecule has 0 bridgehead atoms. The number of nitrogens with one attached hydrogen (secondary N) is 3. The van der Waals surface area contributed by atoms with Crippen LogP contribution in [0.2, 0.25) is 0 Å². The van der Waals surface area contributed by atoms with Crippen LogP contribution >= 0.6 is 0 Å². The van der Waals surface area contributed by atoms with Crippen LogP contribution in [0, 0.1) is 0 Å². The highest BCUT2D eigenvalue weighted by Crippen LogP contribution is 2.10. The van der Waals surface area contributed by atoms with Crippen LogP contribution < -0.4 is 16.0 Å². The van der Waals surface area contributed by atoms with E-state index in [0.717, 1.165) is 17.6 Å². The van der Waals surface area contributed by atoms with E-state index < -0.39 is 11.7 Å². The molecule has 0 saturated heterocycles. The predicted molar refractivity (Wildman–Crippen MR) is 110 cm³/mol. The normalized spacial score (nSPS) is 11.5. The average Bonchev–Trinajstić information content (AvgIpc) is 2.59. The molecule has 0 aliphatic heterocycles. The van der Waals surface area contributed by atoms with Gasteiger partial charge in [0.05, 0.1) is 0 Å². The van der Waals surface area contributed by atoms with E-state index in [1.807, 2.05) is 26.0 Å². The lowest BCUT2D eigenvalue weighted by Gasteiger charge is -2.19. The van der Waals surface area contributed by atoms with E-state index in [-0.39, 0.29) is 24.8 Å². The molecule has 28 heavy (non-hydrogen) atoms. The smallest absolute Gasteiger partial charge is 0.407 e. The Labute approximate surface area is 166 Å². The van der Waals surface area contributed by atoms with Gasteiger partial charge in [-0.05, 0) is 51.8 Å². The molecule has 154 valence electrons. The van der Waals surface area contributed by atoms with Gasteiger partial charge in [-0.15, -0.1) is 0 Å². The Morgan fingerprint density at radius 1 is 1.07 bits per heavy atom. The molecule has 0 atom stereocenters. The molecule has 1 aromatic rings. The van der Waals surface area contributed by atoms with Crippen molar-refractivity contribution in [2.45, 2.75) is 59.6 Å². The van der Waals surface area contributed by atoms with E-state index in [1.54, 1.807) is 39.0 Å². The summed E-state index contributed by atoms with van der Waals surface area (Å²) in [6.45, 7) is 9.81. The number of anilines is 1. The van der Waals surface area contributed by atoms with Crippen molar-refractivity contribution < 1.29 is 19.1 Å². The Balaban J connectivity index is 2.34. The first-order valence-electron chi connectivity index (χ1n) is 9.39. The standard InChI is InChI=1S/C21H31N3O4/c1-6-15(2)13-19(26)24-17-9-7-16(8-10-17)14-23-18(25)11-12-22-20(27)28-21(3,4)5/h7-10,13H,6,11-12,14H2,1-5H3,(H,22,27)(H,23,25)(H,24,26)/b15-13+. The summed E-state index contributed by atoms with van der Waals surface area (Å²) in [4.78, 5) is 35.2. The predicted octanol–water partition coefficient (Wildman–Crippen LogP) is 3.51. The van der Waals surface area contributed by atoms with Gasteiger partial charge >= 0.3 is 6.09 Å². The van der Waals surface area contributed by atoms with Crippen LogP contribution in [-0.2, 0) is 20.9 Å². The van der Waals surface area contributed by atoms with Gasteiger partial charge in [0.15, 0.2) is 0 Å². The number of carbonyl (C=O) groups is 3. The number of rotatable bonds is 8. The summed E-state index contributed by atoms with van der Waals surface area (Å²) in [5.41, 5.74) is 2.05. The fourth-order valence-electron chi connectivity index (χ4n) is 2.09. The van der Waals surface area contributed by atoms with Gasteiger partial charge in [-0.3, -0.25) is 9.59 Å². The molecular weight excluding hydrogens is 358 g/mol. The summed E-state index contributed by atoms with van der Waals surface area (Å²) in [6, 6.07) is 7.26. The third-order valence-corrected chi connectivity index (χ3v) is 3.67. The van der Waals surface area contributed by atoms with Crippen LogP contribution in [0.1, 0.15) is 53.0 Å². The minimum absolute atomic E-state index is 0.155. The molecule has 0 heterocycles. The second-order valence-corrected chi connectivity index (χ2v) is 7.49. The van der Waals surface area contributed by atoms with E-state index in [2.05, 4.69) is 16.0 Å². The summed E-state index contributed by atoms with van der Waals surface area (Å²) < 4.78 is 5.10. The molecule has 3 amide bonds. The third-order valence-electron chi connectivity index (χ3n) is 3.67. The Hall–Kier alpha value is -2.83. The molecular formula is C21H31N3O4. The topological polar surface area (TPSA) is 96.5 Å². The number of ether oxygens (including phenoxy) is 1. The van der Waals surface area contributed by atoms with Gasteiger partial charge in [0.1, 0.15) is 5.60 Å². The van der Waals surface area contributed by atoms with Crippen LogP contribution in [0.3, 0.4) is 0 Å². The quantitative estimate of drug-likeness (QED) is 0.593. The highest BCUT2D eigenvalue weighted by atomic mass is 16.6. The zero-order chi connectivity index (χ0) is 21.2. The van der Waals surface area contributed by atoms with Crippen molar-refractivity contribution in [3.63, 3.8) is 0 Å². The molecule has 1 aromatic carbocycles. The SMILES string of the molecule is CC/C(C)=C/C(=O)Nc1ccc(CNC(=O)CCNC(=O)OC(C)(C)C)cc1. The second kappa shape index (κ2) is 11.1. The van der Waals surface area contributed by atoms with Crippen molar-refractivity contribution in [2.75, 3.05) is 11.9 Å². The zero-order valence-electron chi connectivity index (χ0n) is 17.3. The average molecular weight is 389 g/mol. The summed E-state index contributed by atoms with van der Waals surface area (Å²) >= 11 is 0. The molecule has 0 aliphatic carbocycles. The van der Waals surface area contributed by atoms with Gasteiger partial charge < -0.3 is 20.7 Å². The molecule has 1 rings (SSSR count). The highest BCUT2D eigenvalue weighted by Gasteiger charge is 2.15. The number of benzene rings is 1. The maximum Gasteiger partial charge on any atom is 0.407 e. The van der Waals surface area contributed by atoms with Crippen molar-refractivity contribution >= 4 is 23.6 Å². The van der Waals surface area contributed by atoms with Gasteiger partial charge in [-0.1, -0.05) is 24.6 Å². The lowest BCUT2D eigenvalue weighted by molar-refractivity contribution is -0.121. The van der Waals surface area contributed by atoms with Gasteiger partial charge in [0, 0.05) is 31.3 Å². The fraction of sp³-hybridized carbons (Fsp3) is 0.476. The van der Waals surface area contributed by atoms with Crippen molar-refractivity contribution in [3.8, 4) is 0 Å². The number of carbonyl (C=O) groups excluding carboxylic acids is 3. The highest BCUT2D eigenvalue weighted by molar-refractivity contribution is 5.99. The molecule has 7 nitrogen and oxygen atoms in total. The second-order valence-electron chi connectivity index (χ2n) is 7.49. The lowest BCUT2D eigenvalue weighted by Crippen LogP contribution is -2.35. The maximum absolute atomic E-state index is 11.9. The van der Waals surface area contributed by atoms with E-state index in [9.17, 15) is 14.4 Å². The van der Waals surface area contributed by atoms with Gasteiger partial charge in [0.2, 0.25) is 11.8 Å². The number of allylic oxidation sites excluding steroid dienone is 1. The monoisotopic (exact) mass is 389 g/mol. The molecule has 0 fully saturated rings. The molecule has 0 radical (unpaired) electrons. The van der Waals surface area contributed by atoms with Crippen LogP contribution in [0.4, 0.5) is 10.5 Å². The van der Waals surface area contributed by atoms with Crippen molar-refractivity contribution in [1.29, 1.82) is 0 Å². The summed E-state index contributed by atoms with van der Waals surface area (Å²) in [6.07, 6.45) is 2.04. The van der Waals surface area contributed by atoms with Crippen molar-refractivity contribution in [3.05, 3.63) is 41.5 Å². The largest absolute Gasteiger partial charge is 0.444 e. The lowest BCUT2D eigenvalue weighted by atomic mass is 10.2. The Kier molecular flexibility index (Phi) is 9.21. The zero-order valence-corrected chi connectivity index (χ0v) is 17.3. The molecule has 3 N–H and O–H groups in total. The number of amides is 3. The summed E-state index contributed by atoms with van der Waals surface area (Å²) in [7, 11) is 0. The minimum Gasteiger partial charge on any atom is -0.444 e. The Morgan fingerprint density at radius 3 is 2.29 bits per heavy atom. The van der Waals surface area contributed by atoms with E-state index in [0.29, 0.717) is 12.2 Å². The van der Waals surface area contributed by atoms with Crippen molar-refractivity contribution in [2.24, 2.45) is 0 Å². The molecule has 0 saturated carbocycles. The first-order valence-corrected chi connectivity index (χ1v) is 9.39. The number of hydrogen-bond acceptors (Lipinski definition) is 4. The summed E-state index contributed by atoms with van der Waals surface area (Å²) in [5, 5.41) is 8.13. The van der Waals surface area contributed by atoms with E-state index in [1.165, 1.54) is 0 Å². The van der Waals surface area contributed by atoms with Gasteiger partial charge in [-0.25, -0.2) is 4.79 Å².